The minimum atomic E-state index is -0.416. The van der Waals surface area contributed by atoms with Gasteiger partial charge in [-0.25, -0.2) is 14.4 Å². The van der Waals surface area contributed by atoms with Crippen LogP contribution in [0.3, 0.4) is 0 Å². The number of rotatable bonds is 5. The summed E-state index contributed by atoms with van der Waals surface area (Å²) in [7, 11) is 0. The Bertz CT molecular complexity index is 813. The Labute approximate surface area is 152 Å². The van der Waals surface area contributed by atoms with Gasteiger partial charge < -0.3 is 11.1 Å². The van der Waals surface area contributed by atoms with Crippen LogP contribution >= 0.6 is 0 Å². The first kappa shape index (κ1) is 16.9. The van der Waals surface area contributed by atoms with Crippen LogP contribution in [-0.2, 0) is 4.79 Å². The molecule has 2 aliphatic rings. The molecule has 4 rings (SSSR count). The van der Waals surface area contributed by atoms with Crippen molar-refractivity contribution in [3.05, 3.63) is 41.8 Å². The van der Waals surface area contributed by atoms with Gasteiger partial charge in [0.05, 0.1) is 6.20 Å². The first-order valence-electron chi connectivity index (χ1n) is 9.29. The van der Waals surface area contributed by atoms with E-state index in [0.717, 1.165) is 31.2 Å². The third-order valence-electron chi connectivity index (χ3n) is 5.42. The van der Waals surface area contributed by atoms with E-state index in [4.69, 9.17) is 5.73 Å². The molecular weight excluding hydrogens is 331 g/mol. The SMILES string of the molecule is NC(=O)[C@H]1CC[C@H](Nc2ncc(F)c(-c3cccc(C4CC4)c3)n2)CC1. The summed E-state index contributed by atoms with van der Waals surface area (Å²) in [5.74, 6) is 0.363. The van der Waals surface area contributed by atoms with E-state index in [1.165, 1.54) is 24.6 Å². The normalized spacial score (nSPS) is 22.8. The molecule has 6 heteroatoms. The fourth-order valence-corrected chi connectivity index (χ4v) is 3.70. The molecule has 0 atom stereocenters. The maximum atomic E-state index is 14.3. The minimum Gasteiger partial charge on any atom is -0.369 e. The van der Waals surface area contributed by atoms with Gasteiger partial charge in [0.15, 0.2) is 5.82 Å². The second kappa shape index (κ2) is 7.02. The molecular formula is C20H23FN4O. The lowest BCUT2D eigenvalue weighted by molar-refractivity contribution is -0.122. The van der Waals surface area contributed by atoms with Crippen LogP contribution in [0.25, 0.3) is 11.3 Å². The summed E-state index contributed by atoms with van der Waals surface area (Å²) in [4.78, 5) is 19.8. The number of amides is 1. The number of hydrogen-bond donors (Lipinski definition) is 2. The molecule has 26 heavy (non-hydrogen) atoms. The van der Waals surface area contributed by atoms with Gasteiger partial charge in [0.25, 0.3) is 0 Å². The van der Waals surface area contributed by atoms with Crippen LogP contribution in [0.4, 0.5) is 10.3 Å². The zero-order valence-corrected chi connectivity index (χ0v) is 14.6. The Kier molecular flexibility index (Phi) is 4.57. The number of nitrogens with two attached hydrogens (primary N) is 1. The summed E-state index contributed by atoms with van der Waals surface area (Å²) in [5.41, 5.74) is 7.74. The molecule has 2 aromatic rings. The van der Waals surface area contributed by atoms with Crippen LogP contribution in [0, 0.1) is 11.7 Å². The molecule has 0 spiro atoms. The molecule has 1 aromatic heterocycles. The maximum Gasteiger partial charge on any atom is 0.223 e. The van der Waals surface area contributed by atoms with Crippen LogP contribution in [0.15, 0.2) is 30.5 Å². The molecule has 2 saturated carbocycles. The van der Waals surface area contributed by atoms with E-state index in [1.807, 2.05) is 18.2 Å². The van der Waals surface area contributed by atoms with Crippen LogP contribution in [0.1, 0.15) is 50.0 Å². The predicted molar refractivity (Wildman–Crippen MR) is 98.0 cm³/mol. The zero-order valence-electron chi connectivity index (χ0n) is 14.6. The standard InChI is InChI=1S/C20H23FN4O/c21-17-11-23-20(24-16-8-6-13(7-9-16)19(22)26)25-18(17)15-3-1-2-14(10-15)12-4-5-12/h1-3,10-13,16H,4-9H2,(H2,22,26)(H,23,24,25)/t13-,16-. The van der Waals surface area contributed by atoms with Crippen LogP contribution in [0.5, 0.6) is 0 Å². The molecule has 0 unspecified atom stereocenters. The first-order valence-corrected chi connectivity index (χ1v) is 9.29. The molecule has 0 radical (unpaired) electrons. The monoisotopic (exact) mass is 354 g/mol. The number of primary amides is 1. The van der Waals surface area contributed by atoms with Crippen molar-refractivity contribution >= 4 is 11.9 Å². The number of nitrogens with zero attached hydrogens (tertiary/aromatic N) is 2. The number of anilines is 1. The van der Waals surface area contributed by atoms with Gasteiger partial charge in [0.1, 0.15) is 5.69 Å². The van der Waals surface area contributed by atoms with Crippen LogP contribution < -0.4 is 11.1 Å². The van der Waals surface area contributed by atoms with E-state index in [2.05, 4.69) is 21.4 Å². The Balaban J connectivity index is 1.50. The Hall–Kier alpha value is -2.50. The second-order valence-electron chi connectivity index (χ2n) is 7.39. The first-order chi connectivity index (χ1) is 12.6. The fraction of sp³-hybridized carbons (Fsp3) is 0.450. The summed E-state index contributed by atoms with van der Waals surface area (Å²) in [5, 5.41) is 3.29. The van der Waals surface area contributed by atoms with Crippen LogP contribution in [0.2, 0.25) is 0 Å². The zero-order chi connectivity index (χ0) is 18.1. The number of carbonyl (C=O) groups excluding carboxylic acids is 1. The van der Waals surface area contributed by atoms with E-state index in [0.29, 0.717) is 17.6 Å². The third kappa shape index (κ3) is 3.69. The molecule has 5 nitrogen and oxygen atoms in total. The average molecular weight is 354 g/mol. The highest BCUT2D eigenvalue weighted by Gasteiger charge is 2.26. The molecule has 136 valence electrons. The smallest absolute Gasteiger partial charge is 0.223 e. The summed E-state index contributed by atoms with van der Waals surface area (Å²) < 4.78 is 14.3. The van der Waals surface area contributed by atoms with Gasteiger partial charge in [0, 0.05) is 17.5 Å². The van der Waals surface area contributed by atoms with Gasteiger partial charge in [-0.1, -0.05) is 18.2 Å². The van der Waals surface area contributed by atoms with Crippen molar-refractivity contribution < 1.29 is 9.18 Å². The highest BCUT2D eigenvalue weighted by molar-refractivity contribution is 5.76. The largest absolute Gasteiger partial charge is 0.369 e. The third-order valence-corrected chi connectivity index (χ3v) is 5.42. The second-order valence-corrected chi connectivity index (χ2v) is 7.39. The molecule has 0 aliphatic heterocycles. The number of benzene rings is 1. The Morgan fingerprint density at radius 3 is 2.62 bits per heavy atom. The Morgan fingerprint density at radius 2 is 1.92 bits per heavy atom. The predicted octanol–water partition coefficient (Wildman–Crippen LogP) is 3.62. The average Bonchev–Trinajstić information content (AvgIpc) is 3.49. The van der Waals surface area contributed by atoms with Gasteiger partial charge in [0.2, 0.25) is 11.9 Å². The highest BCUT2D eigenvalue weighted by atomic mass is 19.1. The summed E-state index contributed by atoms with van der Waals surface area (Å²) >= 11 is 0. The van der Waals surface area contributed by atoms with Crippen molar-refractivity contribution in [1.82, 2.24) is 9.97 Å². The quantitative estimate of drug-likeness (QED) is 0.859. The lowest BCUT2D eigenvalue weighted by Crippen LogP contribution is -2.32. The lowest BCUT2D eigenvalue weighted by atomic mass is 9.86. The molecule has 2 aliphatic carbocycles. The van der Waals surface area contributed by atoms with Crippen molar-refractivity contribution in [1.29, 1.82) is 0 Å². The maximum absolute atomic E-state index is 14.3. The van der Waals surface area contributed by atoms with Gasteiger partial charge >= 0.3 is 0 Å². The van der Waals surface area contributed by atoms with Crippen molar-refractivity contribution in [2.45, 2.75) is 50.5 Å². The summed E-state index contributed by atoms with van der Waals surface area (Å²) in [6, 6.07) is 8.16. The number of halogens is 1. The van der Waals surface area contributed by atoms with E-state index >= 15 is 0 Å². The van der Waals surface area contributed by atoms with Gasteiger partial charge in [-0.15, -0.1) is 0 Å². The van der Waals surface area contributed by atoms with E-state index in [-0.39, 0.29) is 17.9 Å². The van der Waals surface area contributed by atoms with Crippen molar-refractivity contribution in [2.24, 2.45) is 11.7 Å². The molecule has 1 amide bonds. The minimum absolute atomic E-state index is 0.0390. The van der Waals surface area contributed by atoms with Crippen LogP contribution in [-0.4, -0.2) is 21.9 Å². The lowest BCUT2D eigenvalue weighted by Gasteiger charge is -2.27. The molecule has 3 N–H and O–H groups in total. The van der Waals surface area contributed by atoms with Gasteiger partial charge in [-0.05, 0) is 56.1 Å². The molecule has 0 saturated heterocycles. The molecule has 2 fully saturated rings. The van der Waals surface area contributed by atoms with Crippen molar-refractivity contribution in [2.75, 3.05) is 5.32 Å². The molecule has 0 bridgehead atoms. The van der Waals surface area contributed by atoms with Crippen molar-refractivity contribution in [3.63, 3.8) is 0 Å². The van der Waals surface area contributed by atoms with Gasteiger partial charge in [-0.2, -0.15) is 0 Å². The summed E-state index contributed by atoms with van der Waals surface area (Å²) in [6.07, 6.45) is 6.84. The van der Waals surface area contributed by atoms with Gasteiger partial charge in [-0.3, -0.25) is 4.79 Å². The molecule has 1 heterocycles. The van der Waals surface area contributed by atoms with Crippen molar-refractivity contribution in [3.8, 4) is 11.3 Å². The number of hydrogen-bond acceptors (Lipinski definition) is 4. The summed E-state index contributed by atoms with van der Waals surface area (Å²) in [6.45, 7) is 0. The fourth-order valence-electron chi connectivity index (χ4n) is 3.70. The number of nitrogens with one attached hydrogen (secondary N) is 1. The van der Waals surface area contributed by atoms with E-state index < -0.39 is 5.82 Å². The topological polar surface area (TPSA) is 80.9 Å². The Morgan fingerprint density at radius 1 is 1.15 bits per heavy atom. The highest BCUT2D eigenvalue weighted by Crippen LogP contribution is 2.41. The van der Waals surface area contributed by atoms with E-state index in [1.54, 1.807) is 0 Å². The number of carbonyl (C=O) groups is 1. The van der Waals surface area contributed by atoms with E-state index in [9.17, 15) is 9.18 Å². The molecule has 1 aromatic carbocycles. The number of aromatic nitrogens is 2.